The molecule has 5 fully saturated rings. The summed E-state index contributed by atoms with van der Waals surface area (Å²) in [5.74, 6) is -0.525. The fourth-order valence-corrected chi connectivity index (χ4v) is 7.41. The molecule has 16 heteroatoms. The van der Waals surface area contributed by atoms with Gasteiger partial charge in [0.15, 0.2) is 5.96 Å². The molecule has 0 amide bonds. The van der Waals surface area contributed by atoms with Crippen LogP contribution in [0.2, 0.25) is 0 Å². The van der Waals surface area contributed by atoms with E-state index in [9.17, 15) is 31.6 Å². The minimum atomic E-state index is -4.55. The van der Waals surface area contributed by atoms with E-state index in [1.165, 1.54) is 12.1 Å². The molecule has 0 bridgehead atoms. The zero-order valence-electron chi connectivity index (χ0n) is 22.7. The zero-order valence-corrected chi connectivity index (χ0v) is 22.7. The Morgan fingerprint density at radius 3 is 2.23 bits per heavy atom. The van der Waals surface area contributed by atoms with E-state index in [0.29, 0.717) is 13.1 Å². The van der Waals surface area contributed by atoms with E-state index < -0.39 is 48.7 Å². The van der Waals surface area contributed by atoms with Gasteiger partial charge in [-0.2, -0.15) is 31.6 Å². The molecular formula is C24H38F6N10. The summed E-state index contributed by atoms with van der Waals surface area (Å²) in [6, 6.07) is -2.60. The van der Waals surface area contributed by atoms with Crippen LogP contribution in [-0.2, 0) is 0 Å². The number of rotatable bonds is 4. The second-order valence-electron chi connectivity index (χ2n) is 12.0. The molecule has 0 aromatic carbocycles. The molecular weight excluding hydrogens is 542 g/mol. The largest absolute Gasteiger partial charge is 0.405 e. The van der Waals surface area contributed by atoms with Crippen molar-refractivity contribution in [2.45, 2.75) is 80.7 Å². The Kier molecular flexibility index (Phi) is 7.94. The lowest BCUT2D eigenvalue weighted by molar-refractivity contribution is -0.167. The number of hydrogen-bond acceptors (Lipinski definition) is 8. The molecule has 4 heterocycles. The molecule has 8 atom stereocenters. The van der Waals surface area contributed by atoms with Gasteiger partial charge < -0.3 is 9.80 Å². The summed E-state index contributed by atoms with van der Waals surface area (Å²) in [5.41, 5.74) is 2.41. The molecule has 4 saturated heterocycles. The van der Waals surface area contributed by atoms with Gasteiger partial charge in [0.05, 0.1) is 24.4 Å². The molecule has 40 heavy (non-hydrogen) atoms. The van der Waals surface area contributed by atoms with Crippen LogP contribution in [0, 0.1) is 34.5 Å². The van der Waals surface area contributed by atoms with Crippen LogP contribution in [0.5, 0.6) is 0 Å². The molecule has 0 spiro atoms. The Labute approximate surface area is 229 Å². The predicted molar refractivity (Wildman–Crippen MR) is 133 cm³/mol. The molecule has 5 N–H and O–H groups in total. The number of hydrazine groups is 1. The van der Waals surface area contributed by atoms with Crippen LogP contribution in [0.25, 0.3) is 0 Å². The fourth-order valence-electron chi connectivity index (χ4n) is 7.41. The third-order valence-corrected chi connectivity index (χ3v) is 9.59. The molecule has 0 radical (unpaired) electrons. The molecule has 226 valence electrons. The number of guanidine groups is 1. The molecule has 1 aliphatic carbocycles. The van der Waals surface area contributed by atoms with Gasteiger partial charge >= 0.3 is 12.4 Å². The van der Waals surface area contributed by atoms with E-state index in [1.807, 2.05) is 15.9 Å². The highest BCUT2D eigenvalue weighted by atomic mass is 19.4. The first-order valence-corrected chi connectivity index (χ1v) is 13.8. The Morgan fingerprint density at radius 1 is 0.975 bits per heavy atom. The zero-order chi connectivity index (χ0) is 29.1. The van der Waals surface area contributed by atoms with Crippen LogP contribution in [0.15, 0.2) is 0 Å². The van der Waals surface area contributed by atoms with Gasteiger partial charge in [0, 0.05) is 39.6 Å². The summed E-state index contributed by atoms with van der Waals surface area (Å²) >= 11 is 0. The maximum atomic E-state index is 13.9. The van der Waals surface area contributed by atoms with Crippen molar-refractivity contribution in [3.8, 4) is 6.07 Å². The first kappa shape index (κ1) is 29.6. The monoisotopic (exact) mass is 580 g/mol. The minimum absolute atomic E-state index is 0.0660. The lowest BCUT2D eigenvalue weighted by Crippen LogP contribution is -2.69. The Morgan fingerprint density at radius 2 is 1.65 bits per heavy atom. The van der Waals surface area contributed by atoms with Gasteiger partial charge in [0.2, 0.25) is 0 Å². The van der Waals surface area contributed by atoms with Crippen molar-refractivity contribution in [3.63, 3.8) is 0 Å². The Bertz CT molecular complexity index is 979. The topological polar surface area (TPSA) is 109 Å². The van der Waals surface area contributed by atoms with Gasteiger partial charge in [0.1, 0.15) is 24.3 Å². The van der Waals surface area contributed by atoms with Gasteiger partial charge in [0.25, 0.3) is 0 Å². The fraction of sp³-hybridized carbons (Fsp3) is 0.917. The van der Waals surface area contributed by atoms with E-state index in [2.05, 4.69) is 21.4 Å². The first-order valence-electron chi connectivity index (χ1n) is 13.8. The minimum Gasteiger partial charge on any atom is -0.338 e. The van der Waals surface area contributed by atoms with Crippen molar-refractivity contribution in [3.05, 3.63) is 0 Å². The van der Waals surface area contributed by atoms with Crippen LogP contribution in [0.4, 0.5) is 26.3 Å². The summed E-state index contributed by atoms with van der Waals surface area (Å²) in [7, 11) is 4.94. The smallest absolute Gasteiger partial charge is 0.338 e. The van der Waals surface area contributed by atoms with Gasteiger partial charge in [-0.1, -0.05) is 0 Å². The highest BCUT2D eigenvalue weighted by molar-refractivity contribution is 5.80. The van der Waals surface area contributed by atoms with Crippen LogP contribution in [0.3, 0.4) is 0 Å². The number of nitrogens with zero attached hydrogens (tertiary/aromatic N) is 5. The van der Waals surface area contributed by atoms with Gasteiger partial charge in [-0.05, 0) is 44.6 Å². The van der Waals surface area contributed by atoms with E-state index in [-0.39, 0.29) is 36.5 Å². The lowest BCUT2D eigenvalue weighted by atomic mass is 9.80. The third kappa shape index (κ3) is 5.36. The number of nitriles is 1. The predicted octanol–water partition coefficient (Wildman–Crippen LogP) is 0.870. The van der Waals surface area contributed by atoms with Crippen molar-refractivity contribution in [1.29, 1.82) is 10.7 Å². The molecule has 8 unspecified atom stereocenters. The third-order valence-electron chi connectivity index (χ3n) is 9.59. The van der Waals surface area contributed by atoms with E-state index in [4.69, 9.17) is 5.41 Å². The average molecular weight is 581 g/mol. The van der Waals surface area contributed by atoms with Gasteiger partial charge in [-0.3, -0.25) is 26.3 Å². The maximum Gasteiger partial charge on any atom is 0.405 e. The Balaban J connectivity index is 1.23. The van der Waals surface area contributed by atoms with E-state index in [0.717, 1.165) is 25.7 Å². The van der Waals surface area contributed by atoms with Crippen LogP contribution < -0.4 is 21.4 Å². The summed E-state index contributed by atoms with van der Waals surface area (Å²) in [5, 5.41) is 28.9. The van der Waals surface area contributed by atoms with Crippen molar-refractivity contribution in [1.82, 2.24) is 41.1 Å². The highest BCUT2D eigenvalue weighted by Gasteiger charge is 2.58. The molecule has 0 aromatic heterocycles. The average Bonchev–Trinajstić information content (AvgIpc) is 3.52. The van der Waals surface area contributed by atoms with Crippen molar-refractivity contribution >= 4 is 5.96 Å². The molecule has 5 aliphatic rings. The normalized spacial score (nSPS) is 42.0. The molecule has 0 aromatic rings. The van der Waals surface area contributed by atoms with Crippen LogP contribution in [0.1, 0.15) is 25.7 Å². The van der Waals surface area contributed by atoms with Crippen LogP contribution >= 0.6 is 0 Å². The number of likely N-dealkylation sites (N-methyl/N-ethyl adjacent to an activating group) is 2. The van der Waals surface area contributed by atoms with E-state index >= 15 is 0 Å². The second-order valence-corrected chi connectivity index (χ2v) is 12.0. The molecule has 1 saturated carbocycles. The van der Waals surface area contributed by atoms with E-state index in [1.54, 1.807) is 19.0 Å². The summed E-state index contributed by atoms with van der Waals surface area (Å²) in [6.07, 6.45) is -7.26. The summed E-state index contributed by atoms with van der Waals surface area (Å²) < 4.78 is 81.4. The number of fused-ring (bicyclic) bond motifs is 1. The highest BCUT2D eigenvalue weighted by Crippen LogP contribution is 2.39. The van der Waals surface area contributed by atoms with Crippen LogP contribution in [-0.4, -0.2) is 121 Å². The number of halogens is 6. The van der Waals surface area contributed by atoms with Gasteiger partial charge in [-0.25, -0.2) is 10.4 Å². The first-order chi connectivity index (χ1) is 18.7. The van der Waals surface area contributed by atoms with Crippen molar-refractivity contribution in [2.75, 3.05) is 40.8 Å². The number of hydrogen-bond donors (Lipinski definition) is 5. The quantitative estimate of drug-likeness (QED) is 0.310. The second kappa shape index (κ2) is 10.7. The van der Waals surface area contributed by atoms with Gasteiger partial charge in [-0.15, -0.1) is 0 Å². The Hall–Kier alpha value is -1.90. The SMILES string of the molecule is CN1CC(C(F)(F)F)NC1C1CCC(CN2C(=N)N(C)C3CNC(C4C(C#N)N(C)NC4C(F)(F)F)NC32)CC1. The number of nitrogens with one attached hydrogen (secondary N) is 5. The summed E-state index contributed by atoms with van der Waals surface area (Å²) in [4.78, 5) is 5.46. The molecule has 10 nitrogen and oxygen atoms in total. The lowest BCUT2D eigenvalue weighted by Gasteiger charge is -2.43. The van der Waals surface area contributed by atoms with Crippen molar-refractivity contribution in [2.24, 2.45) is 17.8 Å². The van der Waals surface area contributed by atoms with Crippen molar-refractivity contribution < 1.29 is 26.3 Å². The molecule has 4 aliphatic heterocycles. The molecule has 5 rings (SSSR count). The number of alkyl halides is 6. The standard InChI is InChI=1S/C24H38F6N10/c1-37-11-16(23(25,26)27)34-20(37)13-6-4-12(5-7-13)10-40-21-15(38(2)22(40)32)9-33-19(35-21)17-14(8-31)39(3)36-18(17)24(28,29)30/h12-21,32-36H,4-7,9-11H2,1-3H3. The summed E-state index contributed by atoms with van der Waals surface area (Å²) in [6.45, 7) is 0.819. The maximum absolute atomic E-state index is 13.9.